The first-order chi connectivity index (χ1) is 16.2. The van der Waals surface area contributed by atoms with Gasteiger partial charge in [0, 0.05) is 17.5 Å². The van der Waals surface area contributed by atoms with Gasteiger partial charge in [-0.2, -0.15) is 4.98 Å². The zero-order valence-corrected chi connectivity index (χ0v) is 19.7. The summed E-state index contributed by atoms with van der Waals surface area (Å²) >= 11 is 0. The maximum atomic E-state index is 12.3. The first-order valence-corrected chi connectivity index (χ1v) is 13.2. The van der Waals surface area contributed by atoms with E-state index in [4.69, 9.17) is 26.5 Å². The highest BCUT2D eigenvalue weighted by molar-refractivity contribution is 7.64. The molecule has 4 N–H and O–H groups in total. The maximum Gasteiger partial charge on any atom is 0.351 e. The molecule has 0 bridgehead atoms. The molecule has 1 aliphatic heterocycles. The minimum atomic E-state index is -6.25. The molecular formula is C12H14N7O13P3-4. The van der Waals surface area contributed by atoms with Gasteiger partial charge >= 0.3 is 5.69 Å². The molecule has 2 rings (SSSR count). The molecule has 0 radical (unpaired) electrons. The normalized spacial score (nSPS) is 23.4. The smallest absolute Gasteiger partial charge is 0.351 e. The Morgan fingerprint density at radius 3 is 2.57 bits per heavy atom. The number of nitrogens with two attached hydrogens (primary N) is 2. The summed E-state index contributed by atoms with van der Waals surface area (Å²) in [5.41, 5.74) is 18.3. The zero-order valence-electron chi connectivity index (χ0n) is 17.0. The van der Waals surface area contributed by atoms with Crippen LogP contribution in [0.25, 0.3) is 10.4 Å². The number of ether oxygens (including phenoxy) is 2. The van der Waals surface area contributed by atoms with E-state index in [1.807, 2.05) is 0 Å². The molecule has 1 aromatic heterocycles. The second kappa shape index (κ2) is 11.7. The highest BCUT2D eigenvalue weighted by Crippen LogP contribution is 2.61. The van der Waals surface area contributed by atoms with Crippen LogP contribution in [0, 0.1) is 11.8 Å². The van der Waals surface area contributed by atoms with E-state index in [9.17, 15) is 38.1 Å². The van der Waals surface area contributed by atoms with Crippen molar-refractivity contribution in [3.63, 3.8) is 0 Å². The number of hydrogen-bond acceptors (Lipinski definition) is 17. The van der Waals surface area contributed by atoms with E-state index in [1.54, 1.807) is 0 Å². The highest BCUT2D eigenvalue weighted by Gasteiger charge is 2.41. The summed E-state index contributed by atoms with van der Waals surface area (Å²) in [5, 5.41) is 3.07. The standard InChI is InChI=1S/C12H18N7O13P3/c13-3-1-2-7-5-19(12(20)17-10(7)14)9-4-8(28-6-16-18-15)11(29-9)30-34(24,25)32-35(26,27)31-33(21,22)23/h5,8-9,11H,3-4,6,13H2,(H,24,25)(H,26,27)(H2,14,17,20)(H2,21,22,23)/p-4/t8-,9-,11-/m0/s1. The van der Waals surface area contributed by atoms with Crippen LogP contribution in [0.4, 0.5) is 5.82 Å². The number of anilines is 1. The summed E-state index contributed by atoms with van der Waals surface area (Å²) in [6.45, 7) is -0.730. The van der Waals surface area contributed by atoms with Gasteiger partial charge < -0.3 is 45.1 Å². The Labute approximate surface area is 194 Å². The molecule has 1 fully saturated rings. The first kappa shape index (κ1) is 29.1. The Morgan fingerprint density at radius 2 is 1.97 bits per heavy atom. The Kier molecular flexibility index (Phi) is 9.73. The van der Waals surface area contributed by atoms with E-state index in [0.717, 1.165) is 10.8 Å². The molecule has 0 spiro atoms. The van der Waals surface area contributed by atoms with Gasteiger partial charge in [0.2, 0.25) is 0 Å². The lowest BCUT2D eigenvalue weighted by atomic mass is 10.2. The van der Waals surface area contributed by atoms with Crippen molar-refractivity contribution >= 4 is 29.3 Å². The number of nitrogen functional groups attached to an aromatic ring is 1. The number of nitrogens with zero attached hydrogens (tertiary/aromatic N) is 5. The van der Waals surface area contributed by atoms with E-state index in [0.29, 0.717) is 0 Å². The van der Waals surface area contributed by atoms with Crippen LogP contribution < -0.4 is 36.7 Å². The summed E-state index contributed by atoms with van der Waals surface area (Å²) in [5.74, 6) is 4.79. The molecule has 0 saturated carbocycles. The molecule has 20 nitrogen and oxygen atoms in total. The molecule has 194 valence electrons. The molecule has 2 heterocycles. The van der Waals surface area contributed by atoms with Crippen molar-refractivity contribution in [2.75, 3.05) is 19.0 Å². The molecule has 1 saturated heterocycles. The van der Waals surface area contributed by atoms with Crippen LogP contribution in [-0.4, -0.2) is 35.2 Å². The van der Waals surface area contributed by atoms with Crippen LogP contribution >= 0.6 is 23.5 Å². The SMILES string of the molecule is [N-]=[N+]=NCO[C@H]1C[C@@H](n2cc(C#CCN)c(N)nc2=O)O[C@H]1OP(=O)([O-])OP(=O)([O-])OP(=O)([O-])[O-]. The number of phosphoric acid groups is 3. The summed E-state index contributed by atoms with van der Waals surface area (Å²) in [4.78, 5) is 62.5. The Morgan fingerprint density at radius 1 is 1.29 bits per heavy atom. The molecule has 35 heavy (non-hydrogen) atoms. The molecule has 0 aliphatic carbocycles. The Balaban J connectivity index is 2.31. The van der Waals surface area contributed by atoms with Crippen molar-refractivity contribution in [3.8, 4) is 11.8 Å². The van der Waals surface area contributed by atoms with Crippen molar-refractivity contribution in [2.24, 2.45) is 10.8 Å². The van der Waals surface area contributed by atoms with E-state index in [-0.39, 0.29) is 24.3 Å². The minimum Gasteiger partial charge on any atom is -0.790 e. The molecule has 0 aromatic carbocycles. The lowest BCUT2D eigenvalue weighted by molar-refractivity contribution is -0.339. The maximum absolute atomic E-state index is 12.3. The molecule has 23 heteroatoms. The van der Waals surface area contributed by atoms with Crippen LogP contribution in [0.1, 0.15) is 18.2 Å². The third-order valence-electron chi connectivity index (χ3n) is 3.69. The lowest BCUT2D eigenvalue weighted by Gasteiger charge is -2.38. The van der Waals surface area contributed by atoms with E-state index >= 15 is 0 Å². The molecule has 1 aliphatic rings. The minimum absolute atomic E-state index is 0.0516. The van der Waals surface area contributed by atoms with Gasteiger partial charge in [-0.05, 0) is 5.53 Å². The van der Waals surface area contributed by atoms with Crippen molar-refractivity contribution in [1.82, 2.24) is 9.55 Å². The van der Waals surface area contributed by atoms with E-state index in [2.05, 4.69) is 40.0 Å². The van der Waals surface area contributed by atoms with Gasteiger partial charge in [-0.15, -0.1) is 0 Å². The summed E-state index contributed by atoms with van der Waals surface area (Å²) in [6.07, 6.45) is -4.09. The first-order valence-electron chi connectivity index (χ1n) is 8.77. The lowest BCUT2D eigenvalue weighted by Crippen LogP contribution is -2.30. The largest absolute Gasteiger partial charge is 0.790 e. The van der Waals surface area contributed by atoms with Crippen molar-refractivity contribution < 1.29 is 55.9 Å². The monoisotopic (exact) mass is 557 g/mol. The van der Waals surface area contributed by atoms with Gasteiger partial charge in [-0.1, -0.05) is 17.0 Å². The fraction of sp³-hybridized carbons (Fsp3) is 0.500. The number of azide groups is 1. The molecule has 5 atom stereocenters. The van der Waals surface area contributed by atoms with Crippen molar-refractivity contribution in [3.05, 3.63) is 32.7 Å². The Hall–Kier alpha value is -2.16. The van der Waals surface area contributed by atoms with Gasteiger partial charge in [-0.25, -0.2) is 9.11 Å². The van der Waals surface area contributed by atoms with Crippen LogP contribution in [-0.2, 0) is 36.3 Å². The van der Waals surface area contributed by atoms with E-state index in [1.165, 1.54) is 0 Å². The second-order valence-electron chi connectivity index (χ2n) is 6.11. The molecular weight excluding hydrogens is 543 g/mol. The van der Waals surface area contributed by atoms with Gasteiger partial charge in [0.1, 0.15) is 24.9 Å². The van der Waals surface area contributed by atoms with Crippen LogP contribution in [0.5, 0.6) is 0 Å². The van der Waals surface area contributed by atoms with Crippen LogP contribution in [0.2, 0.25) is 0 Å². The molecule has 2 unspecified atom stereocenters. The van der Waals surface area contributed by atoms with Gasteiger partial charge in [0.15, 0.2) is 6.29 Å². The quantitative estimate of drug-likeness (QED) is 0.0942. The summed E-state index contributed by atoms with van der Waals surface area (Å²) in [6, 6.07) is 0. The highest BCUT2D eigenvalue weighted by atomic mass is 31.3. The van der Waals surface area contributed by atoms with Gasteiger partial charge in [-0.3, -0.25) is 22.5 Å². The van der Waals surface area contributed by atoms with Gasteiger partial charge in [0.25, 0.3) is 15.6 Å². The van der Waals surface area contributed by atoms with Crippen LogP contribution in [0.15, 0.2) is 16.1 Å². The van der Waals surface area contributed by atoms with E-state index < -0.39 is 54.5 Å². The fourth-order valence-corrected chi connectivity index (χ4v) is 5.46. The Bertz CT molecular complexity index is 1250. The summed E-state index contributed by atoms with van der Waals surface area (Å²) < 4.78 is 56.0. The van der Waals surface area contributed by atoms with Crippen LogP contribution in [0.3, 0.4) is 0 Å². The third-order valence-corrected chi connectivity index (χ3v) is 7.35. The number of rotatable bonds is 10. The van der Waals surface area contributed by atoms with Crippen molar-refractivity contribution in [1.29, 1.82) is 0 Å². The number of hydrogen-bond donors (Lipinski definition) is 2. The predicted octanol–water partition coefficient (Wildman–Crippen LogP) is -3.15. The molecule has 0 amide bonds. The number of phosphoric ester groups is 1. The predicted molar refractivity (Wildman–Crippen MR) is 102 cm³/mol. The topological polar surface area (TPSA) is 325 Å². The molecule has 1 aromatic rings. The number of aromatic nitrogens is 2. The second-order valence-corrected chi connectivity index (χ2v) is 10.3. The zero-order chi connectivity index (χ0) is 26.4. The van der Waals surface area contributed by atoms with Crippen molar-refractivity contribution in [2.45, 2.75) is 25.0 Å². The third kappa shape index (κ3) is 9.09. The average Bonchev–Trinajstić information content (AvgIpc) is 3.06. The average molecular weight is 557 g/mol. The van der Waals surface area contributed by atoms with Gasteiger partial charge in [0.05, 0.1) is 19.9 Å². The summed E-state index contributed by atoms with van der Waals surface area (Å²) in [7, 11) is -18.5. The fourth-order valence-electron chi connectivity index (χ4n) is 2.52.